The van der Waals surface area contributed by atoms with Crippen molar-refractivity contribution in [3.05, 3.63) is 32.8 Å². The molecule has 94 valence electrons. The summed E-state index contributed by atoms with van der Waals surface area (Å²) in [5, 5.41) is 0.692. The predicted molar refractivity (Wildman–Crippen MR) is 71.8 cm³/mol. The molecular formula is C11H13Cl3N2O. The highest BCUT2D eigenvalue weighted by molar-refractivity contribution is 6.46. The predicted octanol–water partition coefficient (Wildman–Crippen LogP) is 3.68. The highest BCUT2D eigenvalue weighted by Crippen LogP contribution is 2.31. The second-order valence-corrected chi connectivity index (χ2v) is 5.74. The molecule has 6 heteroatoms. The molecule has 1 amide bonds. The van der Waals surface area contributed by atoms with Crippen LogP contribution in [-0.4, -0.2) is 11.4 Å². The van der Waals surface area contributed by atoms with E-state index in [4.69, 9.17) is 34.8 Å². The minimum atomic E-state index is -0.419. The molecule has 0 spiro atoms. The molecule has 2 N–H and O–H groups in total. The van der Waals surface area contributed by atoms with Crippen molar-refractivity contribution < 1.29 is 4.79 Å². The highest BCUT2D eigenvalue weighted by Gasteiger charge is 2.18. The minimum absolute atomic E-state index is 0.146. The van der Waals surface area contributed by atoms with Crippen molar-refractivity contribution in [1.82, 2.24) is 10.9 Å². The Morgan fingerprint density at radius 1 is 1.12 bits per heavy atom. The summed E-state index contributed by atoms with van der Waals surface area (Å²) in [4.78, 5) is 11.9. The van der Waals surface area contributed by atoms with Crippen LogP contribution in [0.4, 0.5) is 0 Å². The Morgan fingerprint density at radius 3 is 2.18 bits per heavy atom. The van der Waals surface area contributed by atoms with Gasteiger partial charge in [0.2, 0.25) is 0 Å². The summed E-state index contributed by atoms with van der Waals surface area (Å²) < 4.78 is 0. The van der Waals surface area contributed by atoms with Gasteiger partial charge in [0.25, 0.3) is 5.91 Å². The number of rotatable bonds is 2. The number of amides is 1. The molecule has 0 unspecified atom stereocenters. The summed E-state index contributed by atoms with van der Waals surface area (Å²) in [6, 6.07) is 3.07. The first kappa shape index (κ1) is 14.6. The lowest BCUT2D eigenvalue weighted by atomic mass is 10.1. The Morgan fingerprint density at radius 2 is 1.65 bits per heavy atom. The zero-order chi connectivity index (χ0) is 13.2. The van der Waals surface area contributed by atoms with E-state index in [-0.39, 0.29) is 26.2 Å². The molecule has 0 saturated heterocycles. The number of hydrogen-bond acceptors (Lipinski definition) is 2. The van der Waals surface area contributed by atoms with Gasteiger partial charge in [0.05, 0.1) is 20.6 Å². The summed E-state index contributed by atoms with van der Waals surface area (Å²) in [5.74, 6) is -0.419. The quantitative estimate of drug-likeness (QED) is 0.645. The van der Waals surface area contributed by atoms with E-state index in [1.807, 2.05) is 20.8 Å². The molecule has 1 aromatic rings. The number of hydrogen-bond donors (Lipinski definition) is 2. The average molecular weight is 296 g/mol. The van der Waals surface area contributed by atoms with Crippen molar-refractivity contribution in [3.63, 3.8) is 0 Å². The van der Waals surface area contributed by atoms with Gasteiger partial charge in [-0.1, -0.05) is 34.8 Å². The molecule has 1 rings (SSSR count). The Labute approximate surface area is 115 Å². The van der Waals surface area contributed by atoms with Crippen LogP contribution >= 0.6 is 34.8 Å². The lowest BCUT2D eigenvalue weighted by Crippen LogP contribution is -2.48. The molecular weight excluding hydrogens is 282 g/mol. The largest absolute Gasteiger partial charge is 0.287 e. The second-order valence-electron chi connectivity index (χ2n) is 4.55. The molecule has 0 radical (unpaired) electrons. The van der Waals surface area contributed by atoms with E-state index in [0.717, 1.165) is 0 Å². The lowest BCUT2D eigenvalue weighted by Gasteiger charge is -2.21. The number of nitrogens with one attached hydrogen (secondary N) is 2. The molecule has 0 bridgehead atoms. The summed E-state index contributed by atoms with van der Waals surface area (Å²) in [6.07, 6.45) is 0. The van der Waals surface area contributed by atoms with E-state index in [0.29, 0.717) is 0 Å². The van der Waals surface area contributed by atoms with Crippen LogP contribution in [0, 0.1) is 0 Å². The molecule has 0 aromatic heterocycles. The van der Waals surface area contributed by atoms with Gasteiger partial charge in [-0.05, 0) is 32.9 Å². The van der Waals surface area contributed by atoms with Gasteiger partial charge in [0.1, 0.15) is 0 Å². The SMILES string of the molecule is CC(C)(C)NNC(=O)c1c(Cl)ccc(Cl)c1Cl. The molecule has 1 aromatic carbocycles. The van der Waals surface area contributed by atoms with Crippen LogP contribution in [0.15, 0.2) is 12.1 Å². The molecule has 0 aliphatic rings. The first-order valence-corrected chi connectivity index (χ1v) is 6.07. The maximum absolute atomic E-state index is 11.9. The van der Waals surface area contributed by atoms with Gasteiger partial charge in [-0.15, -0.1) is 0 Å². The molecule has 0 aliphatic heterocycles. The molecule has 3 nitrogen and oxygen atoms in total. The third kappa shape index (κ3) is 4.03. The summed E-state index contributed by atoms with van der Waals surface area (Å²) in [7, 11) is 0. The van der Waals surface area contributed by atoms with Crippen LogP contribution in [0.25, 0.3) is 0 Å². The Balaban J connectivity index is 2.93. The van der Waals surface area contributed by atoms with E-state index >= 15 is 0 Å². The van der Waals surface area contributed by atoms with Crippen LogP contribution in [0.2, 0.25) is 15.1 Å². The smallest absolute Gasteiger partial charge is 0.268 e. The van der Waals surface area contributed by atoms with Gasteiger partial charge in [0, 0.05) is 5.54 Å². The number of hydrazine groups is 1. The zero-order valence-electron chi connectivity index (χ0n) is 9.70. The maximum atomic E-state index is 11.9. The van der Waals surface area contributed by atoms with Crippen LogP contribution < -0.4 is 10.9 Å². The maximum Gasteiger partial charge on any atom is 0.268 e. The molecule has 0 fully saturated rings. The van der Waals surface area contributed by atoms with Crippen molar-refractivity contribution in [1.29, 1.82) is 0 Å². The fourth-order valence-electron chi connectivity index (χ4n) is 1.04. The first-order valence-electron chi connectivity index (χ1n) is 4.93. The highest BCUT2D eigenvalue weighted by atomic mass is 35.5. The molecule has 0 saturated carbocycles. The molecule has 0 aliphatic carbocycles. The Kier molecular flexibility index (Phi) is 4.67. The van der Waals surface area contributed by atoms with Crippen molar-refractivity contribution in [2.45, 2.75) is 26.3 Å². The van der Waals surface area contributed by atoms with Gasteiger partial charge in [-0.3, -0.25) is 10.2 Å². The molecule has 17 heavy (non-hydrogen) atoms. The van der Waals surface area contributed by atoms with Crippen molar-refractivity contribution in [2.24, 2.45) is 0 Å². The lowest BCUT2D eigenvalue weighted by molar-refractivity contribution is 0.0914. The third-order valence-corrected chi connectivity index (χ3v) is 2.94. The van der Waals surface area contributed by atoms with E-state index in [1.165, 1.54) is 6.07 Å². The van der Waals surface area contributed by atoms with Crippen LogP contribution in [0.3, 0.4) is 0 Å². The van der Waals surface area contributed by atoms with Crippen molar-refractivity contribution >= 4 is 40.7 Å². The summed E-state index contributed by atoms with van der Waals surface area (Å²) >= 11 is 17.7. The second kappa shape index (κ2) is 5.44. The van der Waals surface area contributed by atoms with Crippen LogP contribution in [0.5, 0.6) is 0 Å². The Bertz CT molecular complexity index is 441. The van der Waals surface area contributed by atoms with Gasteiger partial charge in [-0.25, -0.2) is 5.43 Å². The molecule has 0 atom stereocenters. The number of halogens is 3. The van der Waals surface area contributed by atoms with E-state index < -0.39 is 5.91 Å². The summed E-state index contributed by atoms with van der Waals surface area (Å²) in [6.45, 7) is 5.73. The van der Waals surface area contributed by atoms with Gasteiger partial charge in [-0.2, -0.15) is 0 Å². The topological polar surface area (TPSA) is 41.1 Å². The standard InChI is InChI=1S/C11H13Cl3N2O/c1-11(2,3)16-15-10(17)8-6(12)4-5-7(13)9(8)14/h4-5,16H,1-3H3,(H,15,17). The van der Waals surface area contributed by atoms with E-state index in [1.54, 1.807) is 6.07 Å². The Hall–Kier alpha value is -0.480. The van der Waals surface area contributed by atoms with E-state index in [2.05, 4.69) is 10.9 Å². The fourth-order valence-corrected chi connectivity index (χ4v) is 1.74. The number of benzene rings is 1. The zero-order valence-corrected chi connectivity index (χ0v) is 12.0. The van der Waals surface area contributed by atoms with Crippen LogP contribution in [-0.2, 0) is 0 Å². The summed E-state index contributed by atoms with van der Waals surface area (Å²) in [5.41, 5.74) is 5.27. The number of carbonyl (C=O) groups excluding carboxylic acids is 1. The van der Waals surface area contributed by atoms with Crippen LogP contribution in [0.1, 0.15) is 31.1 Å². The van der Waals surface area contributed by atoms with E-state index in [9.17, 15) is 4.79 Å². The normalized spacial score (nSPS) is 11.4. The molecule has 0 heterocycles. The van der Waals surface area contributed by atoms with Crippen molar-refractivity contribution in [3.8, 4) is 0 Å². The third-order valence-electron chi connectivity index (χ3n) is 1.82. The van der Waals surface area contributed by atoms with Gasteiger partial charge in [0.15, 0.2) is 0 Å². The fraction of sp³-hybridized carbons (Fsp3) is 0.364. The van der Waals surface area contributed by atoms with Crippen molar-refractivity contribution in [2.75, 3.05) is 0 Å². The minimum Gasteiger partial charge on any atom is -0.287 e. The average Bonchev–Trinajstić information content (AvgIpc) is 2.20. The number of carbonyl (C=O) groups is 1. The van der Waals surface area contributed by atoms with Gasteiger partial charge < -0.3 is 0 Å². The van der Waals surface area contributed by atoms with Gasteiger partial charge >= 0.3 is 0 Å². The first-order chi connectivity index (χ1) is 7.72. The monoisotopic (exact) mass is 294 g/mol.